The van der Waals surface area contributed by atoms with Crippen molar-refractivity contribution in [2.75, 3.05) is 19.6 Å². The van der Waals surface area contributed by atoms with Crippen molar-refractivity contribution < 1.29 is 4.79 Å². The molecule has 0 aromatic carbocycles. The number of hydrogen-bond donors (Lipinski definition) is 1. The summed E-state index contributed by atoms with van der Waals surface area (Å²) in [6.07, 6.45) is 5.89. The molecule has 2 aliphatic rings. The molecular formula is C12H22N2O. The number of carbonyl (C=O) groups is 1. The van der Waals surface area contributed by atoms with Crippen molar-refractivity contribution in [3.05, 3.63) is 0 Å². The molecule has 1 heterocycles. The largest absolute Gasteiger partial charge is 0.342 e. The molecule has 0 bridgehead atoms. The minimum absolute atomic E-state index is 0.362. The zero-order valence-corrected chi connectivity index (χ0v) is 9.67. The Kier molecular flexibility index (Phi) is 3.01. The highest BCUT2D eigenvalue weighted by Gasteiger charge is 2.43. The summed E-state index contributed by atoms with van der Waals surface area (Å²) in [5, 5.41) is 0. The third-order valence-corrected chi connectivity index (χ3v) is 4.14. The summed E-state index contributed by atoms with van der Waals surface area (Å²) in [6, 6.07) is 0. The van der Waals surface area contributed by atoms with Crippen LogP contribution in [0.25, 0.3) is 0 Å². The Balaban J connectivity index is 1.87. The minimum atomic E-state index is 0.362. The molecule has 1 aliphatic carbocycles. The van der Waals surface area contributed by atoms with Crippen LogP contribution in [-0.2, 0) is 4.79 Å². The van der Waals surface area contributed by atoms with Crippen LogP contribution in [0.4, 0.5) is 0 Å². The van der Waals surface area contributed by atoms with Gasteiger partial charge in [0, 0.05) is 19.5 Å². The summed E-state index contributed by atoms with van der Waals surface area (Å²) in [5.74, 6) is 0.797. The predicted molar refractivity (Wildman–Crippen MR) is 60.3 cm³/mol. The Morgan fingerprint density at radius 1 is 1.47 bits per heavy atom. The van der Waals surface area contributed by atoms with E-state index < -0.39 is 0 Å². The molecule has 0 aromatic rings. The first-order chi connectivity index (χ1) is 7.15. The van der Waals surface area contributed by atoms with Crippen LogP contribution in [0.5, 0.6) is 0 Å². The molecule has 3 heteroatoms. The van der Waals surface area contributed by atoms with Gasteiger partial charge in [-0.25, -0.2) is 0 Å². The van der Waals surface area contributed by atoms with Crippen LogP contribution in [0.2, 0.25) is 0 Å². The summed E-state index contributed by atoms with van der Waals surface area (Å²) in [5.41, 5.74) is 6.00. The maximum Gasteiger partial charge on any atom is 0.223 e. The number of rotatable bonds is 3. The molecular weight excluding hydrogens is 188 g/mol. The second-order valence-electron chi connectivity index (χ2n) is 5.46. The van der Waals surface area contributed by atoms with Crippen molar-refractivity contribution >= 4 is 5.91 Å². The Morgan fingerprint density at radius 3 is 2.67 bits per heavy atom. The smallest absolute Gasteiger partial charge is 0.223 e. The van der Waals surface area contributed by atoms with E-state index in [1.807, 2.05) is 4.90 Å². The molecule has 1 unspecified atom stereocenters. The van der Waals surface area contributed by atoms with Crippen LogP contribution in [-0.4, -0.2) is 30.4 Å². The van der Waals surface area contributed by atoms with Crippen LogP contribution in [0.15, 0.2) is 0 Å². The van der Waals surface area contributed by atoms with Crippen molar-refractivity contribution in [1.82, 2.24) is 4.90 Å². The van der Waals surface area contributed by atoms with Gasteiger partial charge in [-0.1, -0.05) is 13.3 Å². The van der Waals surface area contributed by atoms with Crippen LogP contribution in [0, 0.1) is 11.3 Å². The number of likely N-dealkylation sites (tertiary alicyclic amines) is 1. The van der Waals surface area contributed by atoms with Gasteiger partial charge in [0.2, 0.25) is 5.91 Å². The number of carbonyl (C=O) groups excluding carboxylic acids is 1. The van der Waals surface area contributed by atoms with Gasteiger partial charge in [0.25, 0.3) is 0 Å². The third kappa shape index (κ3) is 2.17. The highest BCUT2D eigenvalue weighted by atomic mass is 16.2. The minimum Gasteiger partial charge on any atom is -0.342 e. The second-order valence-corrected chi connectivity index (χ2v) is 5.46. The van der Waals surface area contributed by atoms with E-state index in [2.05, 4.69) is 6.92 Å². The van der Waals surface area contributed by atoms with Gasteiger partial charge in [-0.05, 0) is 37.1 Å². The lowest BCUT2D eigenvalue weighted by Crippen LogP contribution is -2.48. The molecule has 2 rings (SSSR count). The lowest BCUT2D eigenvalue weighted by atomic mass is 9.63. The Hall–Kier alpha value is -0.570. The summed E-state index contributed by atoms with van der Waals surface area (Å²) in [7, 11) is 0. The van der Waals surface area contributed by atoms with E-state index in [1.54, 1.807) is 0 Å². The zero-order chi connectivity index (χ0) is 10.9. The normalized spacial score (nSPS) is 26.5. The first kappa shape index (κ1) is 10.9. The summed E-state index contributed by atoms with van der Waals surface area (Å²) >= 11 is 0. The average molecular weight is 210 g/mol. The van der Waals surface area contributed by atoms with Gasteiger partial charge in [0.05, 0.1) is 0 Å². The van der Waals surface area contributed by atoms with E-state index in [9.17, 15) is 4.79 Å². The highest BCUT2D eigenvalue weighted by molar-refractivity contribution is 5.78. The van der Waals surface area contributed by atoms with Gasteiger partial charge in [-0.3, -0.25) is 4.79 Å². The molecule has 1 amide bonds. The van der Waals surface area contributed by atoms with E-state index in [-0.39, 0.29) is 0 Å². The van der Waals surface area contributed by atoms with E-state index in [0.717, 1.165) is 19.5 Å². The Bertz CT molecular complexity index is 248. The first-order valence-corrected chi connectivity index (χ1v) is 6.13. The summed E-state index contributed by atoms with van der Waals surface area (Å²) in [6.45, 7) is 4.60. The number of amides is 1. The van der Waals surface area contributed by atoms with Gasteiger partial charge in [-0.15, -0.1) is 0 Å². The molecule has 1 saturated heterocycles. The fourth-order valence-electron chi connectivity index (χ4n) is 2.77. The predicted octanol–water partition coefficient (Wildman–Crippen LogP) is 1.37. The standard InChI is InChI=1S/C12H22N2O/c1-10(8-13)9-14-6-5-12(3-2-4-12)7-11(14)15/h10H,2-9,13H2,1H3. The SMILES string of the molecule is CC(CN)CN1CCC2(CCC2)CC1=O. The quantitative estimate of drug-likeness (QED) is 0.765. The van der Waals surface area contributed by atoms with E-state index in [0.29, 0.717) is 23.8 Å². The maximum absolute atomic E-state index is 11.9. The third-order valence-electron chi connectivity index (χ3n) is 4.14. The fourth-order valence-corrected chi connectivity index (χ4v) is 2.77. The lowest BCUT2D eigenvalue weighted by molar-refractivity contribution is -0.141. The average Bonchev–Trinajstić information content (AvgIpc) is 2.18. The van der Waals surface area contributed by atoms with E-state index in [1.165, 1.54) is 25.7 Å². The highest BCUT2D eigenvalue weighted by Crippen LogP contribution is 2.49. The molecule has 0 radical (unpaired) electrons. The van der Waals surface area contributed by atoms with E-state index in [4.69, 9.17) is 5.73 Å². The number of hydrogen-bond acceptors (Lipinski definition) is 2. The monoisotopic (exact) mass is 210 g/mol. The number of nitrogens with two attached hydrogens (primary N) is 1. The molecule has 2 fully saturated rings. The number of piperidine rings is 1. The molecule has 0 aromatic heterocycles. The fraction of sp³-hybridized carbons (Fsp3) is 0.917. The maximum atomic E-state index is 11.9. The Morgan fingerprint density at radius 2 is 2.20 bits per heavy atom. The summed E-state index contributed by atoms with van der Waals surface area (Å²) < 4.78 is 0. The van der Waals surface area contributed by atoms with Crippen molar-refractivity contribution in [2.24, 2.45) is 17.1 Å². The van der Waals surface area contributed by atoms with Gasteiger partial charge < -0.3 is 10.6 Å². The number of nitrogens with zero attached hydrogens (tertiary/aromatic N) is 1. The van der Waals surface area contributed by atoms with Crippen LogP contribution < -0.4 is 5.73 Å². The zero-order valence-electron chi connectivity index (χ0n) is 9.67. The molecule has 1 atom stereocenters. The second kappa shape index (κ2) is 4.12. The molecule has 86 valence electrons. The molecule has 1 aliphatic heterocycles. The molecule has 3 nitrogen and oxygen atoms in total. The van der Waals surface area contributed by atoms with Gasteiger partial charge in [0.15, 0.2) is 0 Å². The topological polar surface area (TPSA) is 46.3 Å². The van der Waals surface area contributed by atoms with E-state index >= 15 is 0 Å². The van der Waals surface area contributed by atoms with Crippen LogP contribution in [0.1, 0.15) is 39.0 Å². The summed E-state index contributed by atoms with van der Waals surface area (Å²) in [4.78, 5) is 14.0. The first-order valence-electron chi connectivity index (χ1n) is 6.13. The molecule has 2 N–H and O–H groups in total. The van der Waals surface area contributed by atoms with Gasteiger partial charge >= 0.3 is 0 Å². The van der Waals surface area contributed by atoms with Crippen LogP contribution in [0.3, 0.4) is 0 Å². The van der Waals surface area contributed by atoms with Gasteiger partial charge in [-0.2, -0.15) is 0 Å². The van der Waals surface area contributed by atoms with Crippen molar-refractivity contribution in [2.45, 2.75) is 39.0 Å². The molecule has 15 heavy (non-hydrogen) atoms. The molecule has 1 saturated carbocycles. The van der Waals surface area contributed by atoms with Crippen molar-refractivity contribution in [3.63, 3.8) is 0 Å². The van der Waals surface area contributed by atoms with Crippen LogP contribution >= 0.6 is 0 Å². The lowest BCUT2D eigenvalue weighted by Gasteiger charge is -2.47. The Labute approximate surface area is 92.0 Å². The van der Waals surface area contributed by atoms with Crippen molar-refractivity contribution in [3.8, 4) is 0 Å². The molecule has 1 spiro atoms. The van der Waals surface area contributed by atoms with Crippen molar-refractivity contribution in [1.29, 1.82) is 0 Å². The van der Waals surface area contributed by atoms with Gasteiger partial charge in [0.1, 0.15) is 0 Å².